The number of amides is 1. The number of benzene rings is 1. The Bertz CT molecular complexity index is 532. The van der Waals surface area contributed by atoms with Gasteiger partial charge in [-0.2, -0.15) is 0 Å². The molecule has 26 heavy (non-hydrogen) atoms. The van der Waals surface area contributed by atoms with Crippen molar-refractivity contribution < 1.29 is 9.53 Å². The summed E-state index contributed by atoms with van der Waals surface area (Å²) in [6, 6.07) is 8.78. The normalized spacial score (nSPS) is 17.0. The summed E-state index contributed by atoms with van der Waals surface area (Å²) in [4.78, 5) is 14.9. The summed E-state index contributed by atoms with van der Waals surface area (Å²) >= 11 is 0. The predicted octanol–water partition coefficient (Wildman–Crippen LogP) is 2.57. The first-order valence-corrected chi connectivity index (χ1v) is 8.84. The second kappa shape index (κ2) is 11.8. The topological polar surface area (TPSA) is 67.6 Å². The van der Waals surface area contributed by atoms with Crippen LogP contribution >= 0.6 is 24.8 Å². The molecule has 1 aromatic rings. The molecule has 1 aliphatic rings. The van der Waals surface area contributed by atoms with Crippen molar-refractivity contribution in [1.29, 1.82) is 0 Å². The van der Waals surface area contributed by atoms with Crippen LogP contribution < -0.4 is 11.1 Å². The summed E-state index contributed by atoms with van der Waals surface area (Å²) in [5.74, 6) is 0.0605. The molecule has 5 nitrogen and oxygen atoms in total. The summed E-state index contributed by atoms with van der Waals surface area (Å²) < 4.78 is 5.39. The number of carbonyl (C=O) groups is 1. The highest BCUT2D eigenvalue weighted by molar-refractivity contribution is 5.85. The van der Waals surface area contributed by atoms with Crippen molar-refractivity contribution >= 4 is 30.7 Å². The fourth-order valence-corrected chi connectivity index (χ4v) is 3.24. The van der Waals surface area contributed by atoms with Gasteiger partial charge >= 0.3 is 0 Å². The number of ether oxygens (including phenoxy) is 1. The number of nitrogens with one attached hydrogen (secondary N) is 1. The van der Waals surface area contributed by atoms with Gasteiger partial charge in [-0.05, 0) is 44.5 Å². The van der Waals surface area contributed by atoms with Gasteiger partial charge in [0, 0.05) is 26.3 Å². The average Bonchev–Trinajstić information content (AvgIpc) is 2.62. The summed E-state index contributed by atoms with van der Waals surface area (Å²) in [5, 5.41) is 3.14. The number of aryl methyl sites for hydroxylation is 1. The second-order valence-electron chi connectivity index (χ2n) is 6.88. The molecule has 1 amide bonds. The van der Waals surface area contributed by atoms with Gasteiger partial charge in [-0.25, -0.2) is 0 Å². The SMILES string of the molecule is CCc1ccc(C(CNC(=O)C2(CN)CCOCC2)N(C)C)cc1.Cl.Cl. The van der Waals surface area contributed by atoms with E-state index in [4.69, 9.17) is 10.5 Å². The number of hydrogen-bond acceptors (Lipinski definition) is 4. The molecule has 0 radical (unpaired) electrons. The van der Waals surface area contributed by atoms with Crippen molar-refractivity contribution in [2.24, 2.45) is 11.1 Å². The molecular formula is C19H33Cl2N3O2. The fourth-order valence-electron chi connectivity index (χ4n) is 3.24. The van der Waals surface area contributed by atoms with Crippen LogP contribution in [0.2, 0.25) is 0 Å². The number of nitrogens with zero attached hydrogens (tertiary/aromatic N) is 1. The molecule has 0 saturated carbocycles. The van der Waals surface area contributed by atoms with E-state index in [0.717, 1.165) is 6.42 Å². The van der Waals surface area contributed by atoms with E-state index in [-0.39, 0.29) is 36.8 Å². The van der Waals surface area contributed by atoms with Crippen LogP contribution in [0.1, 0.15) is 36.9 Å². The zero-order chi connectivity index (χ0) is 17.6. The molecule has 1 fully saturated rings. The quantitative estimate of drug-likeness (QED) is 0.731. The molecule has 2 rings (SSSR count). The Balaban J connectivity index is 0.00000312. The van der Waals surface area contributed by atoms with Crippen molar-refractivity contribution in [3.8, 4) is 0 Å². The summed E-state index contributed by atoms with van der Waals surface area (Å²) in [5.41, 5.74) is 7.99. The van der Waals surface area contributed by atoms with Crippen LogP contribution in [0.4, 0.5) is 0 Å². The van der Waals surface area contributed by atoms with E-state index in [1.807, 2.05) is 14.1 Å². The van der Waals surface area contributed by atoms with E-state index in [1.54, 1.807) is 0 Å². The summed E-state index contributed by atoms with van der Waals surface area (Å²) in [6.45, 7) is 4.33. The van der Waals surface area contributed by atoms with Crippen molar-refractivity contribution in [2.45, 2.75) is 32.2 Å². The van der Waals surface area contributed by atoms with Gasteiger partial charge in [-0.15, -0.1) is 24.8 Å². The molecule has 150 valence electrons. The van der Waals surface area contributed by atoms with Gasteiger partial charge in [0.05, 0.1) is 11.5 Å². The van der Waals surface area contributed by atoms with E-state index >= 15 is 0 Å². The van der Waals surface area contributed by atoms with Gasteiger partial charge in [0.2, 0.25) is 5.91 Å². The van der Waals surface area contributed by atoms with E-state index in [0.29, 0.717) is 39.1 Å². The highest BCUT2D eigenvalue weighted by atomic mass is 35.5. The van der Waals surface area contributed by atoms with E-state index in [1.165, 1.54) is 11.1 Å². The van der Waals surface area contributed by atoms with Crippen LogP contribution in [-0.2, 0) is 16.0 Å². The molecule has 7 heteroatoms. The van der Waals surface area contributed by atoms with Crippen LogP contribution in [-0.4, -0.2) is 51.2 Å². The first kappa shape index (κ1) is 25.1. The minimum atomic E-state index is -0.471. The third-order valence-corrected chi connectivity index (χ3v) is 5.17. The van der Waals surface area contributed by atoms with Gasteiger partial charge < -0.3 is 20.7 Å². The summed E-state index contributed by atoms with van der Waals surface area (Å²) in [7, 11) is 4.08. The largest absolute Gasteiger partial charge is 0.381 e. The number of hydrogen-bond donors (Lipinski definition) is 2. The minimum Gasteiger partial charge on any atom is -0.381 e. The molecular weight excluding hydrogens is 373 g/mol. The molecule has 1 atom stereocenters. The molecule has 1 saturated heterocycles. The van der Waals surface area contributed by atoms with Crippen LogP contribution in [0, 0.1) is 5.41 Å². The Labute approximate surface area is 169 Å². The zero-order valence-electron chi connectivity index (χ0n) is 16.0. The number of nitrogens with two attached hydrogens (primary N) is 1. The van der Waals surface area contributed by atoms with Crippen molar-refractivity contribution in [1.82, 2.24) is 10.2 Å². The summed E-state index contributed by atoms with van der Waals surface area (Å²) in [6.07, 6.45) is 2.44. The monoisotopic (exact) mass is 405 g/mol. The smallest absolute Gasteiger partial charge is 0.227 e. The molecule has 0 spiro atoms. The maximum absolute atomic E-state index is 12.7. The number of likely N-dealkylation sites (N-methyl/N-ethyl adjacent to an activating group) is 1. The first-order valence-electron chi connectivity index (χ1n) is 8.84. The lowest BCUT2D eigenvalue weighted by molar-refractivity contribution is -0.136. The zero-order valence-corrected chi connectivity index (χ0v) is 17.6. The number of rotatable bonds is 7. The van der Waals surface area contributed by atoms with Crippen LogP contribution in [0.25, 0.3) is 0 Å². The van der Waals surface area contributed by atoms with Crippen LogP contribution in [0.15, 0.2) is 24.3 Å². The lowest BCUT2D eigenvalue weighted by Crippen LogP contribution is -2.50. The fraction of sp³-hybridized carbons (Fsp3) is 0.632. The Kier molecular flexibility index (Phi) is 11.4. The van der Waals surface area contributed by atoms with Gasteiger partial charge in [0.1, 0.15) is 0 Å². The van der Waals surface area contributed by atoms with Crippen molar-refractivity contribution in [3.63, 3.8) is 0 Å². The molecule has 0 aliphatic carbocycles. The predicted molar refractivity (Wildman–Crippen MR) is 111 cm³/mol. The Morgan fingerprint density at radius 2 is 1.81 bits per heavy atom. The number of carbonyl (C=O) groups excluding carboxylic acids is 1. The van der Waals surface area contributed by atoms with Crippen LogP contribution in [0.3, 0.4) is 0 Å². The van der Waals surface area contributed by atoms with Crippen LogP contribution in [0.5, 0.6) is 0 Å². The van der Waals surface area contributed by atoms with E-state index in [9.17, 15) is 4.79 Å². The Morgan fingerprint density at radius 3 is 2.27 bits per heavy atom. The molecule has 0 aromatic heterocycles. The molecule has 1 heterocycles. The Hall–Kier alpha value is -0.850. The third kappa shape index (κ3) is 6.10. The molecule has 0 bridgehead atoms. The maximum atomic E-state index is 12.7. The standard InChI is InChI=1S/C19H31N3O2.2ClH/c1-4-15-5-7-16(8-6-15)17(22(2)3)13-21-18(23)19(14-20)9-11-24-12-10-19;;/h5-8,17H,4,9-14,20H2,1-3H3,(H,21,23);2*1H. The lowest BCUT2D eigenvalue weighted by Gasteiger charge is -2.35. The number of halogens is 2. The van der Waals surface area contributed by atoms with Crippen molar-refractivity contribution in [3.05, 3.63) is 35.4 Å². The molecule has 1 unspecified atom stereocenters. The van der Waals surface area contributed by atoms with Gasteiger partial charge in [-0.3, -0.25) is 4.79 Å². The van der Waals surface area contributed by atoms with Gasteiger partial charge in [0.25, 0.3) is 0 Å². The molecule has 1 aliphatic heterocycles. The third-order valence-electron chi connectivity index (χ3n) is 5.17. The van der Waals surface area contributed by atoms with Gasteiger partial charge in [-0.1, -0.05) is 31.2 Å². The minimum absolute atomic E-state index is 0. The van der Waals surface area contributed by atoms with Crippen molar-refractivity contribution in [2.75, 3.05) is 40.4 Å². The highest BCUT2D eigenvalue weighted by Gasteiger charge is 2.38. The van der Waals surface area contributed by atoms with E-state index < -0.39 is 5.41 Å². The Morgan fingerprint density at radius 1 is 1.23 bits per heavy atom. The second-order valence-corrected chi connectivity index (χ2v) is 6.88. The molecule has 3 N–H and O–H groups in total. The van der Waals surface area contributed by atoms with Gasteiger partial charge in [0.15, 0.2) is 0 Å². The first-order chi connectivity index (χ1) is 11.5. The lowest BCUT2D eigenvalue weighted by atomic mass is 9.79. The molecule has 1 aromatic carbocycles. The average molecular weight is 406 g/mol. The maximum Gasteiger partial charge on any atom is 0.227 e. The van der Waals surface area contributed by atoms with E-state index in [2.05, 4.69) is 41.4 Å². The highest BCUT2D eigenvalue weighted by Crippen LogP contribution is 2.30.